The molecule has 2 aromatic carbocycles. The van der Waals surface area contributed by atoms with Gasteiger partial charge in [0.25, 0.3) is 0 Å². The maximum atomic E-state index is 13.1. The van der Waals surface area contributed by atoms with Crippen molar-refractivity contribution >= 4 is 34.5 Å². The Morgan fingerprint density at radius 2 is 2.00 bits per heavy atom. The molecule has 0 spiro atoms. The van der Waals surface area contributed by atoms with E-state index in [9.17, 15) is 9.90 Å². The minimum absolute atomic E-state index is 0.0277. The van der Waals surface area contributed by atoms with Gasteiger partial charge in [-0.1, -0.05) is 18.2 Å². The zero-order valence-electron chi connectivity index (χ0n) is 18.9. The average molecular weight is 452 g/mol. The van der Waals surface area contributed by atoms with Gasteiger partial charge in [-0.2, -0.15) is 4.37 Å². The number of amides is 1. The number of anilines is 3. The number of aromatic nitrogens is 2. The Balaban J connectivity index is 1.45. The third-order valence-electron chi connectivity index (χ3n) is 5.48. The molecule has 1 aliphatic heterocycles. The fraction of sp³-hybridized carbons (Fsp3) is 0.375. The molecular weight excluding hydrogens is 422 g/mol. The summed E-state index contributed by atoms with van der Waals surface area (Å²) in [5, 5.41) is 17.5. The lowest BCUT2D eigenvalue weighted by atomic mass is 10.1. The van der Waals surface area contributed by atoms with Crippen LogP contribution in [0.2, 0.25) is 0 Å². The second-order valence-electron chi connectivity index (χ2n) is 8.79. The van der Waals surface area contributed by atoms with Crippen LogP contribution in [-0.4, -0.2) is 45.6 Å². The molecule has 4 rings (SSSR count). The van der Waals surface area contributed by atoms with Gasteiger partial charge in [-0.05, 0) is 69.4 Å². The fourth-order valence-corrected chi connectivity index (χ4v) is 4.46. The van der Waals surface area contributed by atoms with Gasteiger partial charge in [-0.3, -0.25) is 4.79 Å². The second-order valence-corrected chi connectivity index (χ2v) is 9.55. The summed E-state index contributed by atoms with van der Waals surface area (Å²) in [6.45, 7) is 8.75. The quantitative estimate of drug-likeness (QED) is 0.503. The van der Waals surface area contributed by atoms with Crippen LogP contribution in [0.25, 0.3) is 10.6 Å². The number of hydrogen-bond acceptors (Lipinski definition) is 7. The number of fused-ring (bicyclic) bond motifs is 1. The molecule has 0 aliphatic carbocycles. The van der Waals surface area contributed by atoms with E-state index >= 15 is 0 Å². The van der Waals surface area contributed by atoms with Crippen molar-refractivity contribution in [3.63, 3.8) is 0 Å². The zero-order chi connectivity index (χ0) is 22.9. The van der Waals surface area contributed by atoms with E-state index in [0.717, 1.165) is 51.0 Å². The minimum Gasteiger partial charge on any atom is -0.389 e. The highest BCUT2D eigenvalue weighted by Crippen LogP contribution is 2.34. The molecule has 1 aliphatic rings. The fourth-order valence-electron chi connectivity index (χ4n) is 3.80. The second kappa shape index (κ2) is 8.88. The van der Waals surface area contributed by atoms with Gasteiger partial charge in [0, 0.05) is 41.3 Å². The highest BCUT2D eigenvalue weighted by molar-refractivity contribution is 7.09. The number of nitrogens with zero attached hydrogens (tertiary/aromatic N) is 3. The Kier molecular flexibility index (Phi) is 6.17. The smallest absolute Gasteiger partial charge is 0.246 e. The number of rotatable bonds is 7. The highest BCUT2D eigenvalue weighted by Gasteiger charge is 2.27. The number of aliphatic hydroxyl groups is 1. The van der Waals surface area contributed by atoms with Crippen LogP contribution < -0.4 is 15.5 Å². The summed E-state index contributed by atoms with van der Waals surface area (Å²) in [6, 6.07) is 12.0. The molecule has 0 radical (unpaired) electrons. The monoisotopic (exact) mass is 451 g/mol. The number of aryl methyl sites for hydroxylation is 2. The predicted molar refractivity (Wildman–Crippen MR) is 131 cm³/mol. The average Bonchev–Trinajstić information content (AvgIpc) is 3.37. The standard InChI is InChI=1S/C24H29N5O2S/c1-15-8-9-17(23-27-16(2)28-32-23)12-20(15)25-13-22(30)29-11-10-18-19(6-5-7-21(18)29)26-14-24(3,4)31/h5-9,12,25-26,31H,10-11,13-14H2,1-4H3. The maximum Gasteiger partial charge on any atom is 0.246 e. The van der Waals surface area contributed by atoms with Crippen molar-refractivity contribution in [1.82, 2.24) is 9.36 Å². The van der Waals surface area contributed by atoms with E-state index in [4.69, 9.17) is 0 Å². The molecule has 0 saturated heterocycles. The molecule has 3 N–H and O–H groups in total. The van der Waals surface area contributed by atoms with Crippen LogP contribution in [-0.2, 0) is 11.2 Å². The Labute approximate surface area is 192 Å². The van der Waals surface area contributed by atoms with Crippen molar-refractivity contribution < 1.29 is 9.90 Å². The van der Waals surface area contributed by atoms with E-state index in [1.165, 1.54) is 11.5 Å². The van der Waals surface area contributed by atoms with Gasteiger partial charge in [0.05, 0.1) is 12.1 Å². The molecule has 0 bridgehead atoms. The van der Waals surface area contributed by atoms with Crippen molar-refractivity contribution in [1.29, 1.82) is 0 Å². The summed E-state index contributed by atoms with van der Waals surface area (Å²) in [7, 11) is 0. The number of hydrogen-bond donors (Lipinski definition) is 3. The molecule has 8 heteroatoms. The summed E-state index contributed by atoms with van der Waals surface area (Å²) in [5.74, 6) is 0.791. The molecule has 1 aromatic heterocycles. The largest absolute Gasteiger partial charge is 0.389 e. The third kappa shape index (κ3) is 4.92. The molecule has 0 atom stereocenters. The SMILES string of the molecule is Cc1nsc(-c2ccc(C)c(NCC(=O)N3CCc4c(NCC(C)(C)O)cccc43)c2)n1. The van der Waals surface area contributed by atoms with Crippen LogP contribution >= 0.6 is 11.5 Å². The number of nitrogens with one attached hydrogen (secondary N) is 2. The van der Waals surface area contributed by atoms with Gasteiger partial charge < -0.3 is 20.6 Å². The number of benzene rings is 2. The maximum absolute atomic E-state index is 13.1. The first-order valence-corrected chi connectivity index (χ1v) is 11.5. The van der Waals surface area contributed by atoms with E-state index in [1.807, 2.05) is 55.1 Å². The molecule has 2 heterocycles. The molecular formula is C24H29N5O2S. The van der Waals surface area contributed by atoms with Crippen molar-refractivity contribution in [2.24, 2.45) is 0 Å². The van der Waals surface area contributed by atoms with Crippen molar-refractivity contribution in [3.8, 4) is 10.6 Å². The summed E-state index contributed by atoms with van der Waals surface area (Å²) in [4.78, 5) is 19.4. The summed E-state index contributed by atoms with van der Waals surface area (Å²) in [6.07, 6.45) is 0.793. The first-order chi connectivity index (χ1) is 15.2. The molecule has 0 fully saturated rings. The molecule has 32 heavy (non-hydrogen) atoms. The zero-order valence-corrected chi connectivity index (χ0v) is 19.7. The van der Waals surface area contributed by atoms with E-state index in [1.54, 1.807) is 13.8 Å². The van der Waals surface area contributed by atoms with Crippen LogP contribution in [0.15, 0.2) is 36.4 Å². The topological polar surface area (TPSA) is 90.4 Å². The molecule has 3 aromatic rings. The Hall–Kier alpha value is -2.97. The summed E-state index contributed by atoms with van der Waals surface area (Å²) >= 11 is 1.38. The lowest BCUT2D eigenvalue weighted by Crippen LogP contribution is -2.34. The van der Waals surface area contributed by atoms with Gasteiger partial charge in [0.15, 0.2) is 0 Å². The summed E-state index contributed by atoms with van der Waals surface area (Å²) < 4.78 is 4.26. The third-order valence-corrected chi connectivity index (χ3v) is 6.34. The van der Waals surface area contributed by atoms with Gasteiger partial charge in [-0.25, -0.2) is 4.98 Å². The molecule has 0 saturated carbocycles. The highest BCUT2D eigenvalue weighted by atomic mass is 32.1. The molecule has 7 nitrogen and oxygen atoms in total. The van der Waals surface area contributed by atoms with Gasteiger partial charge in [0.2, 0.25) is 5.91 Å². The van der Waals surface area contributed by atoms with Crippen LogP contribution in [0.4, 0.5) is 17.1 Å². The van der Waals surface area contributed by atoms with Gasteiger partial charge >= 0.3 is 0 Å². The normalized spacial score (nSPS) is 13.2. The van der Waals surface area contributed by atoms with Crippen LogP contribution in [0.5, 0.6) is 0 Å². The van der Waals surface area contributed by atoms with Crippen LogP contribution in [0.3, 0.4) is 0 Å². The van der Waals surface area contributed by atoms with Crippen LogP contribution in [0.1, 0.15) is 30.8 Å². The Morgan fingerprint density at radius 3 is 2.72 bits per heavy atom. The minimum atomic E-state index is -0.805. The van der Waals surface area contributed by atoms with Gasteiger partial charge in [-0.15, -0.1) is 0 Å². The first kappa shape index (κ1) is 22.2. The summed E-state index contributed by atoms with van der Waals surface area (Å²) in [5.41, 5.74) is 5.21. The van der Waals surface area contributed by atoms with Crippen LogP contribution in [0, 0.1) is 13.8 Å². The lowest BCUT2D eigenvalue weighted by molar-refractivity contribution is -0.116. The lowest BCUT2D eigenvalue weighted by Gasteiger charge is -2.21. The van der Waals surface area contributed by atoms with Crippen molar-refractivity contribution in [2.45, 2.75) is 39.7 Å². The molecule has 1 amide bonds. The number of carbonyl (C=O) groups excluding carboxylic acids is 1. The van der Waals surface area contributed by atoms with E-state index < -0.39 is 5.60 Å². The van der Waals surface area contributed by atoms with Gasteiger partial charge in [0.1, 0.15) is 10.8 Å². The van der Waals surface area contributed by atoms with E-state index in [0.29, 0.717) is 13.1 Å². The molecule has 0 unspecified atom stereocenters. The van der Waals surface area contributed by atoms with E-state index in [-0.39, 0.29) is 12.5 Å². The number of carbonyl (C=O) groups is 1. The Morgan fingerprint density at radius 1 is 1.19 bits per heavy atom. The van der Waals surface area contributed by atoms with E-state index in [2.05, 4.69) is 20.0 Å². The first-order valence-electron chi connectivity index (χ1n) is 10.7. The van der Waals surface area contributed by atoms with Crippen molar-refractivity contribution in [3.05, 3.63) is 53.3 Å². The Bertz CT molecular complexity index is 1140. The predicted octanol–water partition coefficient (Wildman–Crippen LogP) is 4.01. The van der Waals surface area contributed by atoms with Crippen molar-refractivity contribution in [2.75, 3.05) is 35.2 Å². The molecule has 168 valence electrons.